The zero-order valence-corrected chi connectivity index (χ0v) is 15.4. The highest BCUT2D eigenvalue weighted by atomic mass is 14.9. The first kappa shape index (κ1) is 15.3. The maximum absolute atomic E-state index is 5.08. The third-order valence-corrected chi connectivity index (χ3v) is 5.35. The van der Waals surface area contributed by atoms with Crippen LogP contribution in [0.15, 0.2) is 24.3 Å². The van der Waals surface area contributed by atoms with Crippen molar-refractivity contribution in [3.8, 4) is 11.3 Å². The fraction of sp³-hybridized carbons (Fsp3) is 0.364. The van der Waals surface area contributed by atoms with Crippen LogP contribution in [0.2, 0.25) is 0 Å². The third-order valence-electron chi connectivity index (χ3n) is 5.35. The summed E-state index contributed by atoms with van der Waals surface area (Å²) in [5.74, 6) is 0. The van der Waals surface area contributed by atoms with Crippen molar-refractivity contribution in [3.63, 3.8) is 0 Å². The van der Waals surface area contributed by atoms with E-state index in [1.54, 1.807) is 0 Å². The second-order valence-corrected chi connectivity index (χ2v) is 8.02. The fourth-order valence-electron chi connectivity index (χ4n) is 4.05. The summed E-state index contributed by atoms with van der Waals surface area (Å²) >= 11 is 0. The minimum atomic E-state index is 0.00253. The van der Waals surface area contributed by atoms with Crippen molar-refractivity contribution in [1.29, 1.82) is 0 Å². The van der Waals surface area contributed by atoms with Crippen molar-refractivity contribution in [2.75, 3.05) is 0 Å². The summed E-state index contributed by atoms with van der Waals surface area (Å²) < 4.78 is 0. The molecule has 1 heterocycles. The summed E-state index contributed by atoms with van der Waals surface area (Å²) in [5, 5.41) is 0. The number of fused-ring (bicyclic) bond motifs is 4. The number of hydrogen-bond donors (Lipinski definition) is 0. The van der Waals surface area contributed by atoms with Crippen molar-refractivity contribution in [2.24, 2.45) is 0 Å². The van der Waals surface area contributed by atoms with Gasteiger partial charge in [-0.2, -0.15) is 0 Å². The van der Waals surface area contributed by atoms with Crippen LogP contribution in [0.3, 0.4) is 0 Å². The Hall–Kier alpha value is -2.22. The number of benzene rings is 2. The molecule has 0 fully saturated rings. The van der Waals surface area contributed by atoms with Gasteiger partial charge in [0.15, 0.2) is 0 Å². The summed E-state index contributed by atoms with van der Waals surface area (Å²) in [6.07, 6.45) is 1.02. The molecule has 0 N–H and O–H groups in total. The van der Waals surface area contributed by atoms with Crippen LogP contribution in [-0.4, -0.2) is 9.97 Å². The van der Waals surface area contributed by atoms with Gasteiger partial charge in [-0.15, -0.1) is 0 Å². The molecule has 0 atom stereocenters. The van der Waals surface area contributed by atoms with Crippen LogP contribution >= 0.6 is 0 Å². The molecule has 1 aliphatic carbocycles. The van der Waals surface area contributed by atoms with E-state index in [9.17, 15) is 0 Å². The van der Waals surface area contributed by atoms with E-state index < -0.39 is 0 Å². The van der Waals surface area contributed by atoms with E-state index >= 15 is 0 Å². The molecule has 3 aromatic rings. The van der Waals surface area contributed by atoms with Gasteiger partial charge in [-0.25, -0.2) is 9.97 Å². The van der Waals surface area contributed by atoms with Gasteiger partial charge in [-0.3, -0.25) is 0 Å². The topological polar surface area (TPSA) is 25.8 Å². The molecule has 0 aliphatic heterocycles. The lowest BCUT2D eigenvalue weighted by Gasteiger charge is -2.33. The molecule has 2 heteroatoms. The molecule has 122 valence electrons. The van der Waals surface area contributed by atoms with Crippen LogP contribution in [-0.2, 0) is 11.8 Å². The van der Waals surface area contributed by atoms with E-state index in [0.717, 1.165) is 28.8 Å². The molecule has 0 unspecified atom stereocenters. The molecular formula is C22H24N2. The van der Waals surface area contributed by atoms with Crippen LogP contribution in [0.1, 0.15) is 47.4 Å². The Morgan fingerprint density at radius 3 is 2.08 bits per heavy atom. The molecule has 4 rings (SSSR count). The first-order valence-electron chi connectivity index (χ1n) is 8.66. The Morgan fingerprint density at radius 1 is 0.792 bits per heavy atom. The third kappa shape index (κ3) is 2.16. The van der Waals surface area contributed by atoms with Crippen molar-refractivity contribution < 1.29 is 0 Å². The van der Waals surface area contributed by atoms with E-state index in [1.165, 1.54) is 33.4 Å². The second-order valence-electron chi connectivity index (χ2n) is 8.02. The van der Waals surface area contributed by atoms with Crippen LogP contribution in [0.25, 0.3) is 22.3 Å². The predicted octanol–water partition coefficient (Wildman–Crippen LogP) is 5.36. The average molecular weight is 316 g/mol. The number of hydrogen-bond acceptors (Lipinski definition) is 2. The van der Waals surface area contributed by atoms with E-state index in [2.05, 4.69) is 65.8 Å². The number of nitrogens with zero attached hydrogens (tertiary/aromatic N) is 2. The quantitative estimate of drug-likeness (QED) is 0.557. The number of aromatic nitrogens is 2. The van der Waals surface area contributed by atoms with Gasteiger partial charge >= 0.3 is 0 Å². The maximum Gasteiger partial charge on any atom is 0.0936 e. The second kappa shape index (κ2) is 4.89. The van der Waals surface area contributed by atoms with Gasteiger partial charge in [0.2, 0.25) is 0 Å². The molecule has 2 aromatic carbocycles. The Balaban J connectivity index is 2.11. The van der Waals surface area contributed by atoms with Crippen LogP contribution in [0, 0.1) is 27.7 Å². The Bertz CT molecular complexity index is 997. The number of rotatable bonds is 0. The predicted molar refractivity (Wildman–Crippen MR) is 101 cm³/mol. The minimum Gasteiger partial charge on any atom is -0.248 e. The van der Waals surface area contributed by atoms with Crippen LogP contribution in [0.4, 0.5) is 0 Å². The summed E-state index contributed by atoms with van der Waals surface area (Å²) in [6.45, 7) is 13.2. The standard InChI is InChI=1S/C22H24N2/c1-12-7-15(4)19-16(8-12)11-22(5,6)21-20(19)23-17-9-13(2)14(3)10-18(17)24-21/h7-10H,11H2,1-6H3. The number of aryl methyl sites for hydroxylation is 4. The Kier molecular flexibility index (Phi) is 3.12. The van der Waals surface area contributed by atoms with Crippen molar-refractivity contribution in [2.45, 2.75) is 53.4 Å². The molecule has 24 heavy (non-hydrogen) atoms. The molecule has 0 bridgehead atoms. The fourth-order valence-corrected chi connectivity index (χ4v) is 4.05. The summed E-state index contributed by atoms with van der Waals surface area (Å²) in [7, 11) is 0. The summed E-state index contributed by atoms with van der Waals surface area (Å²) in [5.41, 5.74) is 12.1. The maximum atomic E-state index is 5.08. The van der Waals surface area contributed by atoms with Gasteiger partial charge in [0.25, 0.3) is 0 Å². The molecule has 0 saturated heterocycles. The monoisotopic (exact) mass is 316 g/mol. The van der Waals surface area contributed by atoms with E-state index in [1.807, 2.05) is 0 Å². The van der Waals surface area contributed by atoms with E-state index in [4.69, 9.17) is 9.97 Å². The van der Waals surface area contributed by atoms with Gasteiger partial charge in [0, 0.05) is 11.0 Å². The molecule has 0 spiro atoms. The lowest BCUT2D eigenvalue weighted by atomic mass is 9.73. The molecule has 0 radical (unpaired) electrons. The van der Waals surface area contributed by atoms with E-state index in [0.29, 0.717) is 0 Å². The van der Waals surface area contributed by atoms with Gasteiger partial charge < -0.3 is 0 Å². The van der Waals surface area contributed by atoms with E-state index in [-0.39, 0.29) is 5.41 Å². The Morgan fingerprint density at radius 2 is 1.42 bits per heavy atom. The summed E-state index contributed by atoms with van der Waals surface area (Å²) in [6, 6.07) is 8.92. The molecular weight excluding hydrogens is 292 g/mol. The van der Waals surface area contributed by atoms with Crippen LogP contribution < -0.4 is 0 Å². The average Bonchev–Trinajstić information content (AvgIpc) is 2.46. The zero-order chi connectivity index (χ0) is 17.2. The normalized spacial score (nSPS) is 15.2. The minimum absolute atomic E-state index is 0.00253. The molecule has 0 amide bonds. The molecule has 2 nitrogen and oxygen atoms in total. The SMILES string of the molecule is Cc1cc(C)c2c(c1)CC(C)(C)c1nc3cc(C)c(C)cc3nc1-2. The van der Waals surface area contributed by atoms with Crippen molar-refractivity contribution >= 4 is 11.0 Å². The molecule has 1 aromatic heterocycles. The lowest BCUT2D eigenvalue weighted by Crippen LogP contribution is -2.28. The zero-order valence-electron chi connectivity index (χ0n) is 15.4. The van der Waals surface area contributed by atoms with Gasteiger partial charge in [-0.1, -0.05) is 31.5 Å². The smallest absolute Gasteiger partial charge is 0.0936 e. The largest absolute Gasteiger partial charge is 0.248 e. The van der Waals surface area contributed by atoms with Crippen LogP contribution in [0.5, 0.6) is 0 Å². The first-order valence-corrected chi connectivity index (χ1v) is 8.66. The highest BCUT2D eigenvalue weighted by Crippen LogP contribution is 2.43. The van der Waals surface area contributed by atoms with Gasteiger partial charge in [0.1, 0.15) is 0 Å². The Labute approximate surface area is 144 Å². The lowest BCUT2D eigenvalue weighted by molar-refractivity contribution is 0.499. The van der Waals surface area contributed by atoms with Crippen molar-refractivity contribution in [1.82, 2.24) is 9.97 Å². The highest BCUT2D eigenvalue weighted by Gasteiger charge is 2.34. The molecule has 0 saturated carbocycles. The first-order chi connectivity index (χ1) is 11.3. The molecule has 1 aliphatic rings. The van der Waals surface area contributed by atoms with Gasteiger partial charge in [-0.05, 0) is 68.5 Å². The highest BCUT2D eigenvalue weighted by molar-refractivity contribution is 5.83. The summed E-state index contributed by atoms with van der Waals surface area (Å²) in [4.78, 5) is 10.2. The van der Waals surface area contributed by atoms with Gasteiger partial charge in [0.05, 0.1) is 22.4 Å². The van der Waals surface area contributed by atoms with Crippen molar-refractivity contribution in [3.05, 3.63) is 57.8 Å².